The molecule has 1 heterocycles. The van der Waals surface area contributed by atoms with E-state index < -0.39 is 0 Å². The predicted octanol–water partition coefficient (Wildman–Crippen LogP) is 2.86. The van der Waals surface area contributed by atoms with Crippen molar-refractivity contribution in [1.82, 2.24) is 4.90 Å². The predicted molar refractivity (Wildman–Crippen MR) is 83.1 cm³/mol. The number of rotatable bonds is 2. The largest absolute Gasteiger partial charge is 0.469 e. The number of benzene rings is 1. The molecular formula is C18H22FNO3. The number of halogens is 1. The van der Waals surface area contributed by atoms with Gasteiger partial charge in [0.1, 0.15) is 5.82 Å². The van der Waals surface area contributed by atoms with Crippen LogP contribution in [-0.4, -0.2) is 30.4 Å². The monoisotopic (exact) mass is 319 g/mol. The minimum Gasteiger partial charge on any atom is -0.469 e. The summed E-state index contributed by atoms with van der Waals surface area (Å²) in [6.07, 6.45) is 2.98. The molecule has 0 aromatic heterocycles. The summed E-state index contributed by atoms with van der Waals surface area (Å²) in [4.78, 5) is 26.7. The van der Waals surface area contributed by atoms with Crippen molar-refractivity contribution >= 4 is 11.9 Å². The van der Waals surface area contributed by atoms with Crippen LogP contribution >= 0.6 is 0 Å². The van der Waals surface area contributed by atoms with Gasteiger partial charge >= 0.3 is 5.97 Å². The number of fused-ring (bicyclic) bond motifs is 1. The van der Waals surface area contributed by atoms with Crippen molar-refractivity contribution in [2.45, 2.75) is 38.6 Å². The SMILES string of the molecule is COC(=O)[C@@H]1CCC[C@@H]1C(=O)N1CCc2cc(F)ccc2[C@@H]1C. The highest BCUT2D eigenvalue weighted by Crippen LogP contribution is 2.37. The lowest BCUT2D eigenvalue weighted by Gasteiger charge is -2.37. The highest BCUT2D eigenvalue weighted by molar-refractivity contribution is 5.86. The maximum absolute atomic E-state index is 13.4. The van der Waals surface area contributed by atoms with Crippen LogP contribution in [0.2, 0.25) is 0 Å². The number of hydrogen-bond acceptors (Lipinski definition) is 3. The Morgan fingerprint density at radius 2 is 2.00 bits per heavy atom. The van der Waals surface area contributed by atoms with E-state index in [9.17, 15) is 14.0 Å². The van der Waals surface area contributed by atoms with E-state index in [4.69, 9.17) is 4.74 Å². The van der Waals surface area contributed by atoms with Gasteiger partial charge in [-0.3, -0.25) is 9.59 Å². The smallest absolute Gasteiger partial charge is 0.309 e. The average Bonchev–Trinajstić information content (AvgIpc) is 3.03. The number of carbonyl (C=O) groups is 2. The van der Waals surface area contributed by atoms with E-state index in [1.165, 1.54) is 13.2 Å². The van der Waals surface area contributed by atoms with Crippen LogP contribution in [0.4, 0.5) is 4.39 Å². The topological polar surface area (TPSA) is 46.6 Å². The van der Waals surface area contributed by atoms with Gasteiger partial charge < -0.3 is 9.64 Å². The summed E-state index contributed by atoms with van der Waals surface area (Å²) in [6.45, 7) is 2.54. The molecule has 4 nitrogen and oxygen atoms in total. The highest BCUT2D eigenvalue weighted by atomic mass is 19.1. The molecule has 1 fully saturated rings. The Labute approximate surface area is 135 Å². The van der Waals surface area contributed by atoms with Crippen LogP contribution in [0.25, 0.3) is 0 Å². The number of carbonyl (C=O) groups excluding carboxylic acids is 2. The van der Waals surface area contributed by atoms with Crippen LogP contribution in [0.3, 0.4) is 0 Å². The fraction of sp³-hybridized carbons (Fsp3) is 0.556. The Morgan fingerprint density at radius 3 is 2.74 bits per heavy atom. The Kier molecular flexibility index (Phi) is 4.37. The van der Waals surface area contributed by atoms with E-state index in [-0.39, 0.29) is 35.6 Å². The molecule has 0 unspecified atom stereocenters. The standard InChI is InChI=1S/C18H22FNO3/c1-11-14-7-6-13(19)10-12(14)8-9-20(11)17(21)15-4-3-5-16(15)18(22)23-2/h6-7,10-11,15-16H,3-5,8-9H2,1-2H3/t11-,15-,16+/m0/s1. The maximum atomic E-state index is 13.4. The van der Waals surface area contributed by atoms with Crippen LogP contribution in [0, 0.1) is 17.7 Å². The second-order valence-electron chi connectivity index (χ2n) is 6.47. The minimum atomic E-state index is -0.325. The molecule has 3 atom stereocenters. The molecule has 0 saturated heterocycles. The zero-order valence-corrected chi connectivity index (χ0v) is 13.5. The van der Waals surface area contributed by atoms with E-state index in [0.717, 1.165) is 24.0 Å². The first-order valence-electron chi connectivity index (χ1n) is 8.19. The van der Waals surface area contributed by atoms with E-state index in [1.807, 2.05) is 11.8 Å². The normalized spacial score (nSPS) is 26.7. The van der Waals surface area contributed by atoms with Gasteiger partial charge in [0.05, 0.1) is 25.0 Å². The first-order chi connectivity index (χ1) is 11.0. The van der Waals surface area contributed by atoms with Crippen molar-refractivity contribution in [3.05, 3.63) is 35.1 Å². The molecule has 23 heavy (non-hydrogen) atoms. The van der Waals surface area contributed by atoms with E-state index in [0.29, 0.717) is 19.4 Å². The number of nitrogens with zero attached hydrogens (tertiary/aromatic N) is 1. The molecule has 1 aromatic carbocycles. The third-order valence-corrected chi connectivity index (χ3v) is 5.26. The number of ether oxygens (including phenoxy) is 1. The van der Waals surface area contributed by atoms with Crippen LogP contribution in [-0.2, 0) is 20.7 Å². The molecule has 1 amide bonds. The van der Waals surface area contributed by atoms with E-state index in [1.54, 1.807) is 12.1 Å². The first-order valence-corrected chi connectivity index (χ1v) is 8.19. The van der Waals surface area contributed by atoms with E-state index in [2.05, 4.69) is 0 Å². The second-order valence-corrected chi connectivity index (χ2v) is 6.47. The minimum absolute atomic E-state index is 0.0281. The number of amides is 1. The second kappa shape index (κ2) is 6.30. The van der Waals surface area contributed by atoms with Gasteiger partial charge in [-0.2, -0.15) is 0 Å². The molecule has 0 radical (unpaired) electrons. The van der Waals surface area contributed by atoms with Gasteiger partial charge in [-0.1, -0.05) is 12.5 Å². The third-order valence-electron chi connectivity index (χ3n) is 5.26. The van der Waals surface area contributed by atoms with Crippen LogP contribution < -0.4 is 0 Å². The number of methoxy groups -OCH3 is 1. The quantitative estimate of drug-likeness (QED) is 0.788. The van der Waals surface area contributed by atoms with E-state index >= 15 is 0 Å². The lowest BCUT2D eigenvalue weighted by Crippen LogP contribution is -2.44. The zero-order chi connectivity index (χ0) is 16.6. The fourth-order valence-electron chi connectivity index (χ4n) is 4.00. The van der Waals surface area contributed by atoms with Crippen molar-refractivity contribution in [2.75, 3.05) is 13.7 Å². The van der Waals surface area contributed by atoms with Gasteiger partial charge in [0, 0.05) is 6.54 Å². The lowest BCUT2D eigenvalue weighted by molar-refractivity contribution is -0.152. The molecule has 1 aliphatic heterocycles. The fourth-order valence-corrected chi connectivity index (χ4v) is 4.00. The summed E-state index contributed by atoms with van der Waals surface area (Å²) in [7, 11) is 1.37. The van der Waals surface area contributed by atoms with Gasteiger partial charge in [-0.05, 0) is 49.4 Å². The maximum Gasteiger partial charge on any atom is 0.309 e. The summed E-state index contributed by atoms with van der Waals surface area (Å²) in [6, 6.07) is 4.67. The van der Waals surface area contributed by atoms with Gasteiger partial charge in [-0.25, -0.2) is 4.39 Å². The van der Waals surface area contributed by atoms with Crippen LogP contribution in [0.1, 0.15) is 43.4 Å². The van der Waals surface area contributed by atoms with Crippen LogP contribution in [0.15, 0.2) is 18.2 Å². The molecule has 2 aliphatic rings. The Hall–Kier alpha value is -1.91. The number of esters is 1. The van der Waals surface area contributed by atoms with Gasteiger partial charge in [0.2, 0.25) is 5.91 Å². The van der Waals surface area contributed by atoms with Crippen molar-refractivity contribution < 1.29 is 18.7 Å². The van der Waals surface area contributed by atoms with Gasteiger partial charge in [-0.15, -0.1) is 0 Å². The summed E-state index contributed by atoms with van der Waals surface area (Å²) in [5.74, 6) is -1.10. The molecule has 1 saturated carbocycles. The first kappa shape index (κ1) is 16.0. The highest BCUT2D eigenvalue weighted by Gasteiger charge is 2.42. The van der Waals surface area contributed by atoms with Crippen molar-refractivity contribution in [3.63, 3.8) is 0 Å². The molecule has 1 aliphatic carbocycles. The molecule has 1 aromatic rings. The number of hydrogen-bond donors (Lipinski definition) is 0. The molecular weight excluding hydrogens is 297 g/mol. The Morgan fingerprint density at radius 1 is 1.26 bits per heavy atom. The van der Waals surface area contributed by atoms with Gasteiger partial charge in [0.15, 0.2) is 0 Å². The third kappa shape index (κ3) is 2.84. The summed E-state index contributed by atoms with van der Waals surface area (Å²) in [5, 5.41) is 0. The molecule has 124 valence electrons. The lowest BCUT2D eigenvalue weighted by atomic mass is 9.89. The molecule has 3 rings (SSSR count). The molecule has 0 N–H and O–H groups in total. The Bertz CT molecular complexity index is 631. The van der Waals surface area contributed by atoms with Crippen molar-refractivity contribution in [3.8, 4) is 0 Å². The molecule has 0 spiro atoms. The summed E-state index contributed by atoms with van der Waals surface area (Å²) >= 11 is 0. The molecule has 5 heteroatoms. The molecule has 0 bridgehead atoms. The van der Waals surface area contributed by atoms with Crippen molar-refractivity contribution in [2.24, 2.45) is 11.8 Å². The van der Waals surface area contributed by atoms with Crippen molar-refractivity contribution in [1.29, 1.82) is 0 Å². The average molecular weight is 319 g/mol. The zero-order valence-electron chi connectivity index (χ0n) is 13.5. The van der Waals surface area contributed by atoms with Gasteiger partial charge in [0.25, 0.3) is 0 Å². The van der Waals surface area contributed by atoms with Crippen LogP contribution in [0.5, 0.6) is 0 Å². The summed E-state index contributed by atoms with van der Waals surface area (Å²) in [5.41, 5.74) is 1.97. The summed E-state index contributed by atoms with van der Waals surface area (Å²) < 4.78 is 18.2. The Balaban J connectivity index is 1.81.